The van der Waals surface area contributed by atoms with Gasteiger partial charge < -0.3 is 10.2 Å². The van der Waals surface area contributed by atoms with Crippen LogP contribution in [0.4, 0.5) is 0 Å². The van der Waals surface area contributed by atoms with Crippen LogP contribution in [0.15, 0.2) is 18.3 Å². The van der Waals surface area contributed by atoms with Gasteiger partial charge in [0.05, 0.1) is 0 Å². The maximum atomic E-state index is 6.07. The van der Waals surface area contributed by atoms with Gasteiger partial charge >= 0.3 is 0 Å². The van der Waals surface area contributed by atoms with Crippen LogP contribution < -0.4 is 5.32 Å². The lowest BCUT2D eigenvalue weighted by molar-refractivity contribution is 0.387. The van der Waals surface area contributed by atoms with Gasteiger partial charge in [-0.05, 0) is 33.0 Å². The van der Waals surface area contributed by atoms with Crippen LogP contribution in [0.3, 0.4) is 0 Å². The predicted octanol–water partition coefficient (Wildman–Crippen LogP) is 2.09. The molecule has 0 aromatic carbocycles. The fourth-order valence-electron chi connectivity index (χ4n) is 2.24. The molecule has 88 valence electrons. The number of nitrogens with one attached hydrogen (secondary N) is 1. The summed E-state index contributed by atoms with van der Waals surface area (Å²) in [6.45, 7) is 4.43. The van der Waals surface area contributed by atoms with Gasteiger partial charge in [-0.15, -0.1) is 0 Å². The van der Waals surface area contributed by atoms with Gasteiger partial charge in [-0.25, -0.2) is 4.98 Å². The van der Waals surface area contributed by atoms with Crippen molar-refractivity contribution in [3.05, 3.63) is 29.0 Å². The zero-order valence-electron chi connectivity index (χ0n) is 9.78. The van der Waals surface area contributed by atoms with Crippen LogP contribution in [0.2, 0.25) is 5.15 Å². The molecule has 2 unspecified atom stereocenters. The van der Waals surface area contributed by atoms with Crippen molar-refractivity contribution in [1.82, 2.24) is 15.2 Å². The second-order valence-electron chi connectivity index (χ2n) is 4.52. The molecule has 1 aliphatic rings. The SMILES string of the molecule is CC(NC1CCN(C)C1)c1cccnc1Cl. The summed E-state index contributed by atoms with van der Waals surface area (Å²) >= 11 is 6.07. The summed E-state index contributed by atoms with van der Waals surface area (Å²) in [4.78, 5) is 6.45. The van der Waals surface area contributed by atoms with E-state index in [1.54, 1.807) is 6.20 Å². The third-order valence-electron chi connectivity index (χ3n) is 3.13. The molecular formula is C12H18ClN3. The lowest BCUT2D eigenvalue weighted by atomic mass is 10.1. The molecule has 1 fully saturated rings. The van der Waals surface area contributed by atoms with Crippen molar-refractivity contribution in [2.24, 2.45) is 0 Å². The Labute approximate surface area is 102 Å². The van der Waals surface area contributed by atoms with E-state index in [1.807, 2.05) is 12.1 Å². The van der Waals surface area contributed by atoms with Gasteiger partial charge in [0, 0.05) is 30.4 Å². The number of rotatable bonds is 3. The van der Waals surface area contributed by atoms with E-state index in [-0.39, 0.29) is 6.04 Å². The lowest BCUT2D eigenvalue weighted by Gasteiger charge is -2.20. The molecule has 16 heavy (non-hydrogen) atoms. The number of likely N-dealkylation sites (tertiary alicyclic amines) is 1. The number of nitrogens with zero attached hydrogens (tertiary/aromatic N) is 2. The average Bonchev–Trinajstić information content (AvgIpc) is 2.64. The highest BCUT2D eigenvalue weighted by molar-refractivity contribution is 6.30. The van der Waals surface area contributed by atoms with Crippen LogP contribution >= 0.6 is 11.6 Å². The van der Waals surface area contributed by atoms with Crippen molar-refractivity contribution in [3.8, 4) is 0 Å². The highest BCUT2D eigenvalue weighted by Crippen LogP contribution is 2.21. The van der Waals surface area contributed by atoms with Crippen molar-refractivity contribution >= 4 is 11.6 Å². The first-order valence-electron chi connectivity index (χ1n) is 5.72. The van der Waals surface area contributed by atoms with Crippen LogP contribution in [0, 0.1) is 0 Å². The molecule has 1 aromatic rings. The standard InChI is InChI=1S/C12H18ClN3/c1-9(11-4-3-6-14-12(11)13)15-10-5-7-16(2)8-10/h3-4,6,9-10,15H,5,7-8H2,1-2H3. The molecule has 1 aromatic heterocycles. The van der Waals surface area contributed by atoms with E-state index in [2.05, 4.69) is 29.2 Å². The van der Waals surface area contributed by atoms with Crippen molar-refractivity contribution in [2.45, 2.75) is 25.4 Å². The van der Waals surface area contributed by atoms with Crippen molar-refractivity contribution in [3.63, 3.8) is 0 Å². The fourth-order valence-corrected chi connectivity index (χ4v) is 2.52. The number of halogens is 1. The van der Waals surface area contributed by atoms with E-state index in [0.717, 1.165) is 12.1 Å². The Bertz CT molecular complexity index is 356. The monoisotopic (exact) mass is 239 g/mol. The Hall–Kier alpha value is -0.640. The van der Waals surface area contributed by atoms with Crippen LogP contribution in [-0.2, 0) is 0 Å². The van der Waals surface area contributed by atoms with Gasteiger partial charge in [0.1, 0.15) is 5.15 Å². The van der Waals surface area contributed by atoms with Gasteiger partial charge in [-0.2, -0.15) is 0 Å². The van der Waals surface area contributed by atoms with E-state index in [4.69, 9.17) is 11.6 Å². The second kappa shape index (κ2) is 5.13. The topological polar surface area (TPSA) is 28.2 Å². The summed E-state index contributed by atoms with van der Waals surface area (Å²) in [7, 11) is 2.16. The first-order valence-corrected chi connectivity index (χ1v) is 6.09. The molecule has 1 saturated heterocycles. The van der Waals surface area contributed by atoms with Crippen LogP contribution in [0.5, 0.6) is 0 Å². The number of likely N-dealkylation sites (N-methyl/N-ethyl adjacent to an activating group) is 1. The van der Waals surface area contributed by atoms with Crippen LogP contribution in [0.25, 0.3) is 0 Å². The molecule has 0 saturated carbocycles. The molecule has 2 heterocycles. The Morgan fingerprint density at radius 1 is 1.62 bits per heavy atom. The van der Waals surface area contributed by atoms with E-state index >= 15 is 0 Å². The normalized spacial score (nSPS) is 23.6. The maximum Gasteiger partial charge on any atom is 0.133 e. The van der Waals surface area contributed by atoms with Crippen LogP contribution in [-0.4, -0.2) is 36.1 Å². The first-order chi connectivity index (χ1) is 7.66. The predicted molar refractivity (Wildman–Crippen MR) is 66.7 cm³/mol. The number of pyridine rings is 1. The zero-order chi connectivity index (χ0) is 11.5. The van der Waals surface area contributed by atoms with Gasteiger partial charge in [0.25, 0.3) is 0 Å². The van der Waals surface area contributed by atoms with E-state index in [9.17, 15) is 0 Å². The molecule has 0 aliphatic carbocycles. The maximum absolute atomic E-state index is 6.07. The number of hydrogen-bond acceptors (Lipinski definition) is 3. The summed E-state index contributed by atoms with van der Waals surface area (Å²) in [5.74, 6) is 0. The Morgan fingerprint density at radius 3 is 3.06 bits per heavy atom. The third kappa shape index (κ3) is 2.73. The Kier molecular flexibility index (Phi) is 3.79. The Morgan fingerprint density at radius 2 is 2.44 bits per heavy atom. The largest absolute Gasteiger partial charge is 0.306 e. The molecule has 2 rings (SSSR count). The van der Waals surface area contributed by atoms with E-state index < -0.39 is 0 Å². The van der Waals surface area contributed by atoms with Crippen molar-refractivity contribution in [2.75, 3.05) is 20.1 Å². The minimum absolute atomic E-state index is 0.262. The summed E-state index contributed by atoms with van der Waals surface area (Å²) in [6.07, 6.45) is 2.93. The summed E-state index contributed by atoms with van der Waals surface area (Å²) in [5.41, 5.74) is 1.08. The lowest BCUT2D eigenvalue weighted by Crippen LogP contribution is -2.33. The molecule has 2 atom stereocenters. The molecule has 0 spiro atoms. The zero-order valence-corrected chi connectivity index (χ0v) is 10.5. The minimum atomic E-state index is 0.262. The molecule has 0 bridgehead atoms. The summed E-state index contributed by atoms with van der Waals surface area (Å²) < 4.78 is 0. The molecule has 4 heteroatoms. The first kappa shape index (κ1) is 11.8. The number of aromatic nitrogens is 1. The van der Waals surface area contributed by atoms with Gasteiger partial charge in [-0.1, -0.05) is 17.7 Å². The highest BCUT2D eigenvalue weighted by Gasteiger charge is 2.21. The second-order valence-corrected chi connectivity index (χ2v) is 4.88. The molecule has 0 radical (unpaired) electrons. The summed E-state index contributed by atoms with van der Waals surface area (Å²) in [6, 6.07) is 4.79. The van der Waals surface area contributed by atoms with Gasteiger partial charge in [0.2, 0.25) is 0 Å². The minimum Gasteiger partial charge on any atom is -0.306 e. The third-order valence-corrected chi connectivity index (χ3v) is 3.45. The molecule has 1 N–H and O–H groups in total. The quantitative estimate of drug-likeness (QED) is 0.819. The molecule has 1 aliphatic heterocycles. The van der Waals surface area contributed by atoms with E-state index in [0.29, 0.717) is 11.2 Å². The van der Waals surface area contributed by atoms with Crippen molar-refractivity contribution in [1.29, 1.82) is 0 Å². The molecule has 0 amide bonds. The molecular weight excluding hydrogens is 222 g/mol. The van der Waals surface area contributed by atoms with Gasteiger partial charge in [-0.3, -0.25) is 0 Å². The average molecular weight is 240 g/mol. The van der Waals surface area contributed by atoms with Crippen LogP contribution in [0.1, 0.15) is 24.9 Å². The highest BCUT2D eigenvalue weighted by atomic mass is 35.5. The van der Waals surface area contributed by atoms with Crippen molar-refractivity contribution < 1.29 is 0 Å². The smallest absolute Gasteiger partial charge is 0.133 e. The van der Waals surface area contributed by atoms with E-state index in [1.165, 1.54) is 13.0 Å². The molecule has 3 nitrogen and oxygen atoms in total. The fraction of sp³-hybridized carbons (Fsp3) is 0.583. The Balaban J connectivity index is 1.98. The van der Waals surface area contributed by atoms with Gasteiger partial charge in [0.15, 0.2) is 0 Å². The number of hydrogen-bond donors (Lipinski definition) is 1. The summed E-state index contributed by atoms with van der Waals surface area (Å²) in [5, 5.41) is 4.21.